The molecule has 4 nitrogen and oxygen atoms in total. The molecule has 1 aromatic carbocycles. The lowest BCUT2D eigenvalue weighted by Gasteiger charge is -2.25. The molecule has 0 N–H and O–H groups in total. The Morgan fingerprint density at radius 3 is 3.00 bits per heavy atom. The first-order valence-electron chi connectivity index (χ1n) is 8.49. The van der Waals surface area contributed by atoms with Crippen molar-refractivity contribution in [1.82, 2.24) is 9.88 Å². The van der Waals surface area contributed by atoms with Crippen molar-refractivity contribution in [1.29, 1.82) is 0 Å². The minimum atomic E-state index is -0.0271. The Hall–Kier alpha value is -1.11. The van der Waals surface area contributed by atoms with Crippen molar-refractivity contribution < 1.29 is 4.79 Å². The maximum absolute atomic E-state index is 12.4. The normalized spacial score (nSPS) is 22.0. The van der Waals surface area contributed by atoms with Gasteiger partial charge in [0.1, 0.15) is 4.34 Å². The van der Waals surface area contributed by atoms with Gasteiger partial charge >= 0.3 is 0 Å². The molecule has 0 aliphatic carbocycles. The molecule has 4 rings (SSSR count). The SMILES string of the molecule is CCCC(=O)N1CCC2(C1)CN(c1ncc(Cl)s1)c1ccc(Br)cc12. The number of hydrogen-bond acceptors (Lipinski definition) is 4. The van der Waals surface area contributed by atoms with E-state index in [9.17, 15) is 4.79 Å². The van der Waals surface area contributed by atoms with E-state index in [4.69, 9.17) is 11.6 Å². The number of fused-ring (bicyclic) bond motifs is 2. The zero-order valence-corrected chi connectivity index (χ0v) is 17.1. The van der Waals surface area contributed by atoms with Crippen molar-refractivity contribution in [3.05, 3.63) is 38.8 Å². The number of thiazole rings is 1. The molecule has 7 heteroatoms. The lowest BCUT2D eigenvalue weighted by molar-refractivity contribution is -0.130. The Labute approximate surface area is 164 Å². The summed E-state index contributed by atoms with van der Waals surface area (Å²) in [6.45, 7) is 4.51. The minimum Gasteiger partial charge on any atom is -0.342 e. The summed E-state index contributed by atoms with van der Waals surface area (Å²) in [5, 5.41) is 0.920. The van der Waals surface area contributed by atoms with Crippen LogP contribution in [-0.2, 0) is 10.2 Å². The average molecular weight is 441 g/mol. The quantitative estimate of drug-likeness (QED) is 0.675. The third-order valence-corrected chi connectivity index (χ3v) is 6.78. The van der Waals surface area contributed by atoms with E-state index in [0.29, 0.717) is 10.8 Å². The summed E-state index contributed by atoms with van der Waals surface area (Å²) in [5.41, 5.74) is 2.46. The van der Waals surface area contributed by atoms with Crippen LogP contribution in [0, 0.1) is 0 Å². The van der Waals surface area contributed by atoms with Crippen molar-refractivity contribution in [3.63, 3.8) is 0 Å². The molecule has 2 aliphatic heterocycles. The van der Waals surface area contributed by atoms with Crippen LogP contribution in [0.1, 0.15) is 31.7 Å². The lowest BCUT2D eigenvalue weighted by atomic mass is 9.81. The van der Waals surface area contributed by atoms with Gasteiger partial charge in [-0.15, -0.1) is 0 Å². The number of carbonyl (C=O) groups is 1. The van der Waals surface area contributed by atoms with Gasteiger partial charge in [0.25, 0.3) is 0 Å². The van der Waals surface area contributed by atoms with Crippen LogP contribution in [0.3, 0.4) is 0 Å². The highest BCUT2D eigenvalue weighted by atomic mass is 79.9. The fourth-order valence-corrected chi connectivity index (χ4v) is 5.26. The highest BCUT2D eigenvalue weighted by Crippen LogP contribution is 2.50. The number of aromatic nitrogens is 1. The highest BCUT2D eigenvalue weighted by molar-refractivity contribution is 9.10. The molecule has 0 radical (unpaired) electrons. The summed E-state index contributed by atoms with van der Waals surface area (Å²) in [7, 11) is 0. The van der Waals surface area contributed by atoms with Crippen LogP contribution in [0.25, 0.3) is 0 Å². The molecule has 1 spiro atoms. The predicted molar refractivity (Wildman–Crippen MR) is 106 cm³/mol. The third kappa shape index (κ3) is 2.98. The molecule has 3 heterocycles. The van der Waals surface area contributed by atoms with E-state index in [0.717, 1.165) is 42.1 Å². The van der Waals surface area contributed by atoms with Gasteiger partial charge in [0.2, 0.25) is 5.91 Å². The van der Waals surface area contributed by atoms with Crippen LogP contribution in [0.4, 0.5) is 10.8 Å². The molecule has 2 aliphatic rings. The summed E-state index contributed by atoms with van der Waals surface area (Å²) in [6.07, 6.45) is 4.22. The van der Waals surface area contributed by atoms with Gasteiger partial charge in [0, 0.05) is 41.6 Å². The Kier molecular flexibility index (Phi) is 4.54. The van der Waals surface area contributed by atoms with Gasteiger partial charge in [-0.3, -0.25) is 4.79 Å². The summed E-state index contributed by atoms with van der Waals surface area (Å²) >= 11 is 11.2. The van der Waals surface area contributed by atoms with Gasteiger partial charge in [-0.1, -0.05) is 45.8 Å². The summed E-state index contributed by atoms with van der Waals surface area (Å²) in [6, 6.07) is 6.41. The molecule has 132 valence electrons. The second-order valence-electron chi connectivity index (χ2n) is 6.79. The van der Waals surface area contributed by atoms with Gasteiger partial charge < -0.3 is 9.80 Å². The summed E-state index contributed by atoms with van der Waals surface area (Å²) < 4.78 is 1.77. The van der Waals surface area contributed by atoms with Crippen LogP contribution in [0.2, 0.25) is 4.34 Å². The van der Waals surface area contributed by atoms with Gasteiger partial charge in [0.15, 0.2) is 5.13 Å². The fourth-order valence-electron chi connectivity index (χ4n) is 3.99. The van der Waals surface area contributed by atoms with Gasteiger partial charge in [-0.05, 0) is 36.6 Å². The van der Waals surface area contributed by atoms with Crippen LogP contribution < -0.4 is 4.90 Å². The first-order valence-corrected chi connectivity index (χ1v) is 10.5. The Morgan fingerprint density at radius 1 is 1.44 bits per heavy atom. The highest BCUT2D eigenvalue weighted by Gasteiger charge is 2.49. The Bertz CT molecular complexity index is 826. The topological polar surface area (TPSA) is 36.4 Å². The number of anilines is 2. The van der Waals surface area contributed by atoms with Crippen LogP contribution in [0.5, 0.6) is 0 Å². The van der Waals surface area contributed by atoms with Crippen molar-refractivity contribution in [2.45, 2.75) is 31.6 Å². The van der Waals surface area contributed by atoms with E-state index >= 15 is 0 Å². The predicted octanol–water partition coefficient (Wildman–Crippen LogP) is 4.98. The largest absolute Gasteiger partial charge is 0.342 e. The number of halogens is 2. The van der Waals surface area contributed by atoms with Gasteiger partial charge in [-0.2, -0.15) is 0 Å². The van der Waals surface area contributed by atoms with E-state index in [1.54, 1.807) is 6.20 Å². The Balaban J connectivity index is 1.71. The Morgan fingerprint density at radius 2 is 2.28 bits per heavy atom. The first kappa shape index (κ1) is 17.3. The maximum Gasteiger partial charge on any atom is 0.222 e. The van der Waals surface area contributed by atoms with E-state index in [1.165, 1.54) is 22.6 Å². The number of amides is 1. The van der Waals surface area contributed by atoms with Gasteiger partial charge in [-0.25, -0.2) is 4.98 Å². The zero-order chi connectivity index (χ0) is 17.6. The van der Waals surface area contributed by atoms with Crippen LogP contribution >= 0.6 is 38.9 Å². The monoisotopic (exact) mass is 439 g/mol. The van der Waals surface area contributed by atoms with Crippen LogP contribution in [-0.4, -0.2) is 35.4 Å². The molecule has 1 unspecified atom stereocenters. The molecule has 1 saturated heterocycles. The zero-order valence-electron chi connectivity index (χ0n) is 14.0. The number of likely N-dealkylation sites (tertiary alicyclic amines) is 1. The van der Waals surface area contributed by atoms with E-state index in [2.05, 4.69) is 50.9 Å². The minimum absolute atomic E-state index is 0.0271. The molecule has 25 heavy (non-hydrogen) atoms. The molecule has 1 amide bonds. The number of carbonyl (C=O) groups excluding carboxylic acids is 1. The number of hydrogen-bond donors (Lipinski definition) is 0. The van der Waals surface area contributed by atoms with E-state index in [1.807, 2.05) is 4.90 Å². The molecular formula is C18H19BrClN3OS. The summed E-state index contributed by atoms with van der Waals surface area (Å²) in [5.74, 6) is 0.270. The summed E-state index contributed by atoms with van der Waals surface area (Å²) in [4.78, 5) is 21.2. The number of nitrogens with zero attached hydrogens (tertiary/aromatic N) is 3. The molecular weight excluding hydrogens is 422 g/mol. The van der Waals surface area contributed by atoms with E-state index < -0.39 is 0 Å². The molecule has 1 aromatic heterocycles. The van der Waals surface area contributed by atoms with Gasteiger partial charge in [0.05, 0.1) is 6.20 Å². The fraction of sp³-hybridized carbons (Fsp3) is 0.444. The smallest absolute Gasteiger partial charge is 0.222 e. The van der Waals surface area contributed by atoms with Crippen molar-refractivity contribution in [2.75, 3.05) is 24.5 Å². The van der Waals surface area contributed by atoms with Crippen molar-refractivity contribution >= 4 is 55.6 Å². The molecule has 0 bridgehead atoms. The molecule has 0 saturated carbocycles. The first-order chi connectivity index (χ1) is 12.0. The molecule has 1 atom stereocenters. The lowest BCUT2D eigenvalue weighted by Crippen LogP contribution is -2.37. The number of benzene rings is 1. The average Bonchev–Trinajstić information content (AvgIpc) is 3.27. The second kappa shape index (κ2) is 6.56. The van der Waals surface area contributed by atoms with Crippen molar-refractivity contribution in [3.8, 4) is 0 Å². The molecule has 1 fully saturated rings. The third-order valence-electron chi connectivity index (χ3n) is 5.15. The van der Waals surface area contributed by atoms with Crippen molar-refractivity contribution in [2.24, 2.45) is 0 Å². The number of rotatable bonds is 3. The maximum atomic E-state index is 12.4. The standard InChI is InChI=1S/C18H19BrClN3OS/c1-2-3-16(24)22-7-6-18(10-22)11-23(17-21-9-15(20)25-17)14-5-4-12(19)8-13(14)18/h4-5,8-9H,2-3,6-7,10-11H2,1H3. The van der Waals surface area contributed by atoms with E-state index in [-0.39, 0.29) is 11.3 Å². The molecule has 2 aromatic rings. The second-order valence-corrected chi connectivity index (χ2v) is 9.35. The van der Waals surface area contributed by atoms with Crippen LogP contribution in [0.15, 0.2) is 28.9 Å².